The fraction of sp³-hybridized carbons (Fsp3) is 0.480. The molecule has 6 heteroatoms. The van der Waals surface area contributed by atoms with E-state index >= 15 is 0 Å². The van der Waals surface area contributed by atoms with Gasteiger partial charge in [-0.3, -0.25) is 14.7 Å². The summed E-state index contributed by atoms with van der Waals surface area (Å²) in [4.78, 5) is 31.7. The van der Waals surface area contributed by atoms with Crippen molar-refractivity contribution in [3.8, 4) is 11.3 Å². The summed E-state index contributed by atoms with van der Waals surface area (Å²) in [6.07, 6.45) is 5.11. The van der Waals surface area contributed by atoms with E-state index in [1.54, 1.807) is 17.2 Å². The molecule has 3 rings (SSSR count). The number of carbonyl (C=O) groups excluding carboxylic acids is 2. The molecule has 0 bridgehead atoms. The highest BCUT2D eigenvalue weighted by molar-refractivity contribution is 6.00. The zero-order chi connectivity index (χ0) is 22.4. The topological polar surface area (TPSA) is 79.7 Å². The van der Waals surface area contributed by atoms with E-state index in [1.807, 2.05) is 38.1 Å². The van der Waals surface area contributed by atoms with Crippen LogP contribution in [-0.4, -0.2) is 41.2 Å². The van der Waals surface area contributed by atoms with Gasteiger partial charge in [0.1, 0.15) is 6.61 Å². The molecule has 0 aliphatic carbocycles. The van der Waals surface area contributed by atoms with E-state index in [2.05, 4.69) is 11.9 Å². The number of cyclic esters (lactones) is 1. The zero-order valence-electron chi connectivity index (χ0n) is 18.6. The lowest BCUT2D eigenvalue weighted by molar-refractivity contribution is 0.0975. The van der Waals surface area contributed by atoms with Gasteiger partial charge in [-0.05, 0) is 61.9 Å². The molecule has 0 spiro atoms. The Labute approximate surface area is 184 Å². The van der Waals surface area contributed by atoms with Crippen molar-refractivity contribution < 1.29 is 19.4 Å². The molecule has 0 saturated carbocycles. The molecule has 1 aromatic heterocycles. The Morgan fingerprint density at radius 3 is 2.81 bits per heavy atom. The molecule has 1 aliphatic heterocycles. The van der Waals surface area contributed by atoms with Gasteiger partial charge in [0, 0.05) is 36.0 Å². The molecule has 2 aromatic rings. The minimum absolute atomic E-state index is 0.0277. The number of pyridine rings is 1. The first-order valence-electron chi connectivity index (χ1n) is 11.1. The summed E-state index contributed by atoms with van der Waals surface area (Å²) in [5.74, 6) is 0.209. The average Bonchev–Trinajstić information content (AvgIpc) is 3.14. The fourth-order valence-electron chi connectivity index (χ4n) is 3.87. The Morgan fingerprint density at radius 2 is 2.13 bits per heavy atom. The van der Waals surface area contributed by atoms with E-state index in [0.717, 1.165) is 36.1 Å². The van der Waals surface area contributed by atoms with Gasteiger partial charge in [0.25, 0.3) is 0 Å². The summed E-state index contributed by atoms with van der Waals surface area (Å²) < 4.78 is 5.31. The van der Waals surface area contributed by atoms with Gasteiger partial charge in [0.15, 0.2) is 5.78 Å². The molecular weight excluding hydrogens is 392 g/mol. The number of Topliss-reactive ketones (excluding diaryl/α,β-unsaturated/α-hetero) is 1. The van der Waals surface area contributed by atoms with Crippen LogP contribution in [0.1, 0.15) is 61.9 Å². The highest BCUT2D eigenvalue weighted by Crippen LogP contribution is 2.31. The first kappa shape index (κ1) is 22.9. The number of aliphatic hydroxyl groups is 1. The molecule has 0 unspecified atom stereocenters. The first-order valence-corrected chi connectivity index (χ1v) is 11.1. The lowest BCUT2D eigenvalue weighted by Gasteiger charge is -2.22. The monoisotopic (exact) mass is 424 g/mol. The number of hydrogen-bond acceptors (Lipinski definition) is 5. The number of ether oxygens (including phenoxy) is 1. The number of anilines is 1. The number of nitrogens with zero attached hydrogens (tertiary/aromatic N) is 2. The van der Waals surface area contributed by atoms with E-state index in [9.17, 15) is 14.7 Å². The van der Waals surface area contributed by atoms with Crippen LogP contribution in [0.15, 0.2) is 36.5 Å². The number of carbonyl (C=O) groups is 2. The van der Waals surface area contributed by atoms with Crippen LogP contribution in [-0.2, 0) is 4.74 Å². The summed E-state index contributed by atoms with van der Waals surface area (Å²) in [5, 5.41) is 9.21. The van der Waals surface area contributed by atoms with Gasteiger partial charge in [-0.25, -0.2) is 4.79 Å². The van der Waals surface area contributed by atoms with Gasteiger partial charge in [0.05, 0.1) is 11.7 Å². The highest BCUT2D eigenvalue weighted by Gasteiger charge is 2.34. The van der Waals surface area contributed by atoms with Crippen molar-refractivity contribution in [2.24, 2.45) is 5.92 Å². The third-order valence-corrected chi connectivity index (χ3v) is 5.72. The second-order valence-electron chi connectivity index (χ2n) is 8.48. The molecule has 6 nitrogen and oxygen atoms in total. The number of amides is 1. The minimum Gasteiger partial charge on any atom is -0.447 e. The zero-order valence-corrected chi connectivity index (χ0v) is 18.6. The summed E-state index contributed by atoms with van der Waals surface area (Å²) >= 11 is 0. The third-order valence-electron chi connectivity index (χ3n) is 5.72. The Balaban J connectivity index is 1.95. The number of hydrogen-bond donors (Lipinski definition) is 1. The predicted molar refractivity (Wildman–Crippen MR) is 121 cm³/mol. The van der Waals surface area contributed by atoms with E-state index < -0.39 is 0 Å². The van der Waals surface area contributed by atoms with E-state index in [4.69, 9.17) is 4.74 Å². The van der Waals surface area contributed by atoms with Crippen LogP contribution < -0.4 is 4.90 Å². The van der Waals surface area contributed by atoms with E-state index in [0.29, 0.717) is 30.7 Å². The fourth-order valence-corrected chi connectivity index (χ4v) is 3.87. The van der Waals surface area contributed by atoms with Crippen molar-refractivity contribution in [2.75, 3.05) is 18.1 Å². The van der Waals surface area contributed by atoms with Crippen LogP contribution in [0.4, 0.5) is 10.5 Å². The van der Waals surface area contributed by atoms with Gasteiger partial charge < -0.3 is 9.84 Å². The van der Waals surface area contributed by atoms with Crippen molar-refractivity contribution >= 4 is 17.6 Å². The maximum atomic E-state index is 13.0. The van der Waals surface area contributed by atoms with E-state index in [-0.39, 0.29) is 30.4 Å². The van der Waals surface area contributed by atoms with Crippen LogP contribution in [0, 0.1) is 12.8 Å². The van der Waals surface area contributed by atoms with Crippen LogP contribution in [0.3, 0.4) is 0 Å². The Hall–Kier alpha value is -2.73. The standard InChI is InChI=1S/C25H32N2O4/c1-4-6-21-16-31-25(30)27(21)22-12-19(23-10-9-17(2)14-26-23)11-20(13-22)24(29)8-5-7-18(3)15-28/h9-14,18,21,28H,4-8,15-16H2,1-3H3/t18-,21-/m1/s1. The number of ketones is 1. The number of benzene rings is 1. The molecule has 1 fully saturated rings. The first-order chi connectivity index (χ1) is 14.9. The normalized spacial score (nSPS) is 17.0. The smallest absolute Gasteiger partial charge is 0.414 e. The van der Waals surface area contributed by atoms with Gasteiger partial charge in [0.2, 0.25) is 0 Å². The molecule has 1 N–H and O–H groups in total. The largest absolute Gasteiger partial charge is 0.447 e. The number of aromatic nitrogens is 1. The van der Waals surface area contributed by atoms with Crippen molar-refractivity contribution in [3.05, 3.63) is 47.7 Å². The maximum absolute atomic E-state index is 13.0. The number of aryl methyl sites for hydroxylation is 1. The Bertz CT molecular complexity index is 910. The lowest BCUT2D eigenvalue weighted by Crippen LogP contribution is -2.33. The van der Waals surface area contributed by atoms with Gasteiger partial charge >= 0.3 is 6.09 Å². The van der Waals surface area contributed by atoms with Gasteiger partial charge in [-0.2, -0.15) is 0 Å². The van der Waals surface area contributed by atoms with Crippen LogP contribution >= 0.6 is 0 Å². The number of rotatable bonds is 10. The molecule has 1 aliphatic rings. The van der Waals surface area contributed by atoms with Crippen LogP contribution in [0.25, 0.3) is 11.3 Å². The molecule has 1 aromatic carbocycles. The van der Waals surface area contributed by atoms with Crippen molar-refractivity contribution in [2.45, 2.75) is 58.9 Å². The molecular formula is C25H32N2O4. The minimum atomic E-state index is -0.373. The van der Waals surface area contributed by atoms with E-state index in [1.165, 1.54) is 0 Å². The molecule has 31 heavy (non-hydrogen) atoms. The van der Waals surface area contributed by atoms with Gasteiger partial charge in [-0.1, -0.05) is 26.3 Å². The number of aliphatic hydroxyl groups excluding tert-OH is 1. The molecule has 1 amide bonds. The van der Waals surface area contributed by atoms with Crippen molar-refractivity contribution in [3.63, 3.8) is 0 Å². The second-order valence-corrected chi connectivity index (χ2v) is 8.48. The van der Waals surface area contributed by atoms with Crippen molar-refractivity contribution in [1.29, 1.82) is 0 Å². The Kier molecular flexibility index (Phi) is 7.80. The third kappa shape index (κ3) is 5.70. The summed E-state index contributed by atoms with van der Waals surface area (Å²) in [6.45, 7) is 6.52. The maximum Gasteiger partial charge on any atom is 0.414 e. The summed E-state index contributed by atoms with van der Waals surface area (Å²) in [7, 11) is 0. The quantitative estimate of drug-likeness (QED) is 0.533. The van der Waals surface area contributed by atoms with Crippen LogP contribution in [0.5, 0.6) is 0 Å². The average molecular weight is 425 g/mol. The predicted octanol–water partition coefficient (Wildman–Crippen LogP) is 5.16. The summed E-state index contributed by atoms with van der Waals surface area (Å²) in [5.41, 5.74) is 3.87. The van der Waals surface area contributed by atoms with Gasteiger partial charge in [-0.15, -0.1) is 0 Å². The highest BCUT2D eigenvalue weighted by atomic mass is 16.6. The molecule has 1 saturated heterocycles. The Morgan fingerprint density at radius 1 is 1.32 bits per heavy atom. The molecule has 0 radical (unpaired) electrons. The van der Waals surface area contributed by atoms with Crippen molar-refractivity contribution in [1.82, 2.24) is 4.98 Å². The van der Waals surface area contributed by atoms with Crippen LogP contribution in [0.2, 0.25) is 0 Å². The molecule has 2 heterocycles. The second kappa shape index (κ2) is 10.5. The molecule has 166 valence electrons. The SMILES string of the molecule is CCC[C@@H]1COC(=O)N1c1cc(C(=O)CCC[C@@H](C)CO)cc(-c2ccc(C)cn2)c1. The summed E-state index contributed by atoms with van der Waals surface area (Å²) in [6, 6.07) is 9.44. The lowest BCUT2D eigenvalue weighted by atomic mass is 9.97. The molecule has 2 atom stereocenters.